The number of hydrogen-bond donors (Lipinski definition) is 1. The third-order valence-corrected chi connectivity index (χ3v) is 4.97. The van der Waals surface area contributed by atoms with Gasteiger partial charge < -0.3 is 9.47 Å². The molecule has 0 saturated carbocycles. The van der Waals surface area contributed by atoms with E-state index in [1.807, 2.05) is 13.8 Å². The predicted molar refractivity (Wildman–Crippen MR) is 92.2 cm³/mol. The molecule has 0 bridgehead atoms. The van der Waals surface area contributed by atoms with E-state index in [9.17, 15) is 13.2 Å². The van der Waals surface area contributed by atoms with E-state index in [-0.39, 0.29) is 12.1 Å². The zero-order chi connectivity index (χ0) is 18.2. The fourth-order valence-corrected chi connectivity index (χ4v) is 3.63. The third kappa shape index (κ3) is 5.47. The lowest BCUT2D eigenvalue weighted by atomic mass is 10.1. The Kier molecular flexibility index (Phi) is 8.17. The van der Waals surface area contributed by atoms with E-state index in [4.69, 9.17) is 9.47 Å². The highest BCUT2D eigenvalue weighted by molar-refractivity contribution is 7.87. The number of esters is 1. The van der Waals surface area contributed by atoms with Crippen molar-refractivity contribution in [2.75, 3.05) is 27.3 Å². The molecule has 1 rings (SSSR count). The largest absolute Gasteiger partial charge is 0.496 e. The highest BCUT2D eigenvalue weighted by Gasteiger charge is 2.20. The van der Waals surface area contributed by atoms with Crippen molar-refractivity contribution >= 4 is 16.2 Å². The monoisotopic (exact) mass is 358 g/mol. The Morgan fingerprint density at radius 3 is 2.29 bits per heavy atom. The first-order valence-electron chi connectivity index (χ1n) is 7.89. The summed E-state index contributed by atoms with van der Waals surface area (Å²) in [4.78, 5) is 11.8. The lowest BCUT2D eigenvalue weighted by molar-refractivity contribution is 0.0597. The third-order valence-electron chi connectivity index (χ3n) is 3.41. The standard InChI is InChI=1S/C16H26N2O5S/c1-5-9-18(10-6-2)24(20,21)17-12-13-7-8-15(22-3)14(11-13)16(19)23-4/h7-8,11,17H,5-6,9-10,12H2,1-4H3. The van der Waals surface area contributed by atoms with Crippen molar-refractivity contribution in [3.05, 3.63) is 29.3 Å². The zero-order valence-electron chi connectivity index (χ0n) is 14.7. The Morgan fingerprint density at radius 2 is 1.79 bits per heavy atom. The Morgan fingerprint density at radius 1 is 1.17 bits per heavy atom. The highest BCUT2D eigenvalue weighted by atomic mass is 32.2. The fourth-order valence-electron chi connectivity index (χ4n) is 2.25. The van der Waals surface area contributed by atoms with Crippen LogP contribution >= 0.6 is 0 Å². The maximum absolute atomic E-state index is 12.4. The summed E-state index contributed by atoms with van der Waals surface area (Å²) >= 11 is 0. The van der Waals surface area contributed by atoms with Gasteiger partial charge >= 0.3 is 5.97 Å². The van der Waals surface area contributed by atoms with E-state index in [1.54, 1.807) is 18.2 Å². The molecule has 1 N–H and O–H groups in total. The van der Waals surface area contributed by atoms with Crippen LogP contribution in [-0.2, 0) is 21.5 Å². The smallest absolute Gasteiger partial charge is 0.341 e. The van der Waals surface area contributed by atoms with Crippen LogP contribution in [0.15, 0.2) is 18.2 Å². The van der Waals surface area contributed by atoms with Gasteiger partial charge in [0, 0.05) is 19.6 Å². The minimum absolute atomic E-state index is 0.0836. The first-order chi connectivity index (χ1) is 11.4. The molecule has 0 aliphatic carbocycles. The van der Waals surface area contributed by atoms with Crippen molar-refractivity contribution < 1.29 is 22.7 Å². The van der Waals surface area contributed by atoms with Gasteiger partial charge in [-0.1, -0.05) is 19.9 Å². The van der Waals surface area contributed by atoms with Crippen LogP contribution < -0.4 is 9.46 Å². The van der Waals surface area contributed by atoms with Crippen LogP contribution in [0.5, 0.6) is 5.75 Å². The van der Waals surface area contributed by atoms with Crippen LogP contribution in [0.25, 0.3) is 0 Å². The first-order valence-corrected chi connectivity index (χ1v) is 9.33. The normalized spacial score (nSPS) is 11.5. The van der Waals surface area contributed by atoms with Crippen LogP contribution in [-0.4, -0.2) is 46.0 Å². The quantitative estimate of drug-likeness (QED) is 0.646. The van der Waals surface area contributed by atoms with Crippen molar-refractivity contribution in [2.24, 2.45) is 0 Å². The molecule has 0 atom stereocenters. The van der Waals surface area contributed by atoms with Gasteiger partial charge in [0.25, 0.3) is 10.2 Å². The molecule has 136 valence electrons. The Bertz CT molecular complexity index is 640. The summed E-state index contributed by atoms with van der Waals surface area (Å²) in [6, 6.07) is 4.89. The van der Waals surface area contributed by atoms with Gasteiger partial charge in [-0.25, -0.2) is 4.79 Å². The summed E-state index contributed by atoms with van der Waals surface area (Å²) in [5.74, 6) is -0.151. The van der Waals surface area contributed by atoms with Crippen LogP contribution in [0.4, 0.5) is 0 Å². The maximum Gasteiger partial charge on any atom is 0.341 e. The van der Waals surface area contributed by atoms with Gasteiger partial charge in [0.2, 0.25) is 0 Å². The molecule has 1 aromatic carbocycles. The second kappa shape index (κ2) is 9.61. The second-order valence-corrected chi connectivity index (χ2v) is 7.01. The number of benzene rings is 1. The predicted octanol–water partition coefficient (Wildman–Crippen LogP) is 1.94. The minimum Gasteiger partial charge on any atom is -0.496 e. The number of carbonyl (C=O) groups is 1. The number of ether oxygens (including phenoxy) is 2. The molecule has 0 heterocycles. The van der Waals surface area contributed by atoms with Gasteiger partial charge in [-0.2, -0.15) is 17.4 Å². The number of carbonyl (C=O) groups excluding carboxylic acids is 1. The molecule has 24 heavy (non-hydrogen) atoms. The van der Waals surface area contributed by atoms with Crippen molar-refractivity contribution in [3.8, 4) is 5.75 Å². The van der Waals surface area contributed by atoms with Crippen molar-refractivity contribution in [2.45, 2.75) is 33.2 Å². The number of rotatable bonds is 10. The van der Waals surface area contributed by atoms with Crippen LogP contribution in [0.1, 0.15) is 42.6 Å². The zero-order valence-corrected chi connectivity index (χ0v) is 15.5. The topological polar surface area (TPSA) is 84.9 Å². The number of nitrogens with one attached hydrogen (secondary N) is 1. The molecule has 1 aromatic rings. The average molecular weight is 358 g/mol. The lowest BCUT2D eigenvalue weighted by Gasteiger charge is -2.21. The summed E-state index contributed by atoms with van der Waals surface area (Å²) in [7, 11) is -0.825. The van der Waals surface area contributed by atoms with Crippen LogP contribution in [0.2, 0.25) is 0 Å². The summed E-state index contributed by atoms with van der Waals surface area (Å²) in [6.07, 6.45) is 1.49. The van der Waals surface area contributed by atoms with Crippen LogP contribution in [0.3, 0.4) is 0 Å². The van der Waals surface area contributed by atoms with Gasteiger partial charge in [-0.05, 0) is 30.5 Å². The molecule has 8 heteroatoms. The number of methoxy groups -OCH3 is 2. The van der Waals surface area contributed by atoms with Crippen molar-refractivity contribution in [3.63, 3.8) is 0 Å². The van der Waals surface area contributed by atoms with E-state index >= 15 is 0 Å². The summed E-state index contributed by atoms with van der Waals surface area (Å²) < 4.78 is 38.6. The molecule has 0 aliphatic heterocycles. The fraction of sp³-hybridized carbons (Fsp3) is 0.562. The molecule has 0 radical (unpaired) electrons. The van der Waals surface area contributed by atoms with Gasteiger partial charge in [0.05, 0.1) is 14.2 Å². The van der Waals surface area contributed by atoms with Gasteiger partial charge in [0.1, 0.15) is 11.3 Å². The summed E-state index contributed by atoms with van der Waals surface area (Å²) in [5.41, 5.74) is 0.906. The van der Waals surface area contributed by atoms with Gasteiger partial charge in [0.15, 0.2) is 0 Å². The Balaban J connectivity index is 2.91. The van der Waals surface area contributed by atoms with Crippen LogP contribution in [0, 0.1) is 0 Å². The van der Waals surface area contributed by atoms with E-state index in [0.29, 0.717) is 24.4 Å². The summed E-state index contributed by atoms with van der Waals surface area (Å²) in [5, 5.41) is 0. The Labute approximate surface area is 144 Å². The molecule has 0 spiro atoms. The average Bonchev–Trinajstić information content (AvgIpc) is 2.58. The minimum atomic E-state index is -3.56. The molecule has 0 unspecified atom stereocenters. The molecular weight excluding hydrogens is 332 g/mol. The number of nitrogens with zero attached hydrogens (tertiary/aromatic N) is 1. The molecule has 7 nitrogen and oxygen atoms in total. The second-order valence-electron chi connectivity index (χ2n) is 5.25. The molecule has 0 saturated heterocycles. The maximum atomic E-state index is 12.4. The van der Waals surface area contributed by atoms with Gasteiger partial charge in [-0.3, -0.25) is 0 Å². The molecule has 0 amide bonds. The number of hydrogen-bond acceptors (Lipinski definition) is 5. The van der Waals surface area contributed by atoms with E-state index < -0.39 is 16.2 Å². The molecule has 0 aliphatic rings. The summed E-state index contributed by atoms with van der Waals surface area (Å²) in [6.45, 7) is 4.90. The van der Waals surface area contributed by atoms with E-state index in [0.717, 1.165) is 12.8 Å². The first kappa shape index (κ1) is 20.4. The molecular formula is C16H26N2O5S. The van der Waals surface area contributed by atoms with Gasteiger partial charge in [-0.15, -0.1) is 0 Å². The Hall–Kier alpha value is -1.64. The van der Waals surface area contributed by atoms with Crippen molar-refractivity contribution in [1.29, 1.82) is 0 Å². The molecule has 0 fully saturated rings. The highest BCUT2D eigenvalue weighted by Crippen LogP contribution is 2.21. The van der Waals surface area contributed by atoms with E-state index in [1.165, 1.54) is 18.5 Å². The SMILES string of the molecule is CCCN(CCC)S(=O)(=O)NCc1ccc(OC)c(C(=O)OC)c1. The van der Waals surface area contributed by atoms with Crippen molar-refractivity contribution in [1.82, 2.24) is 9.03 Å². The lowest BCUT2D eigenvalue weighted by Crippen LogP contribution is -2.41. The van der Waals surface area contributed by atoms with E-state index in [2.05, 4.69) is 4.72 Å². The molecule has 0 aromatic heterocycles.